The molecule has 0 unspecified atom stereocenters. The van der Waals surface area contributed by atoms with Crippen LogP contribution in [-0.2, 0) is 6.54 Å². The Kier molecular flexibility index (Phi) is 5.70. The first-order valence-corrected chi connectivity index (χ1v) is 10.6. The smallest absolute Gasteiger partial charge is 0.278 e. The molecule has 0 radical (unpaired) electrons. The lowest BCUT2D eigenvalue weighted by Crippen LogP contribution is -2.11. The maximum atomic E-state index is 13.0. The van der Waals surface area contributed by atoms with Crippen LogP contribution in [0.2, 0.25) is 0 Å². The Balaban J connectivity index is 1.24. The number of imidazole rings is 1. The lowest BCUT2D eigenvalue weighted by molar-refractivity contribution is 0.102. The van der Waals surface area contributed by atoms with E-state index in [0.29, 0.717) is 35.2 Å². The van der Waals surface area contributed by atoms with Crippen molar-refractivity contribution in [3.8, 4) is 23.0 Å². The summed E-state index contributed by atoms with van der Waals surface area (Å²) < 4.78 is 20.4. The molecular formula is C26H20FN5O2. The summed E-state index contributed by atoms with van der Waals surface area (Å²) in [4.78, 5) is 21.2. The highest BCUT2D eigenvalue weighted by atomic mass is 19.1. The number of aryl methyl sites for hydroxylation is 1. The molecular weight excluding hydrogens is 433 g/mol. The van der Waals surface area contributed by atoms with E-state index in [0.717, 1.165) is 16.7 Å². The van der Waals surface area contributed by atoms with Crippen LogP contribution in [0.5, 0.6) is 0 Å². The van der Waals surface area contributed by atoms with Gasteiger partial charge in [0.05, 0.1) is 6.33 Å². The topological polar surface area (TPSA) is 85.8 Å². The van der Waals surface area contributed by atoms with E-state index in [1.807, 2.05) is 66.2 Å². The van der Waals surface area contributed by atoms with Gasteiger partial charge in [0.1, 0.15) is 11.5 Å². The van der Waals surface area contributed by atoms with Gasteiger partial charge in [-0.05, 0) is 54.4 Å². The first-order valence-electron chi connectivity index (χ1n) is 10.6. The van der Waals surface area contributed by atoms with Crippen LogP contribution in [0.15, 0.2) is 89.8 Å². The average Bonchev–Trinajstić information content (AvgIpc) is 3.51. The Hall–Kier alpha value is -4.59. The van der Waals surface area contributed by atoms with E-state index in [4.69, 9.17) is 4.52 Å². The number of carbonyl (C=O) groups excluding carboxylic acids is 1. The molecule has 0 saturated heterocycles. The Morgan fingerprint density at radius 1 is 1.03 bits per heavy atom. The van der Waals surface area contributed by atoms with Gasteiger partial charge >= 0.3 is 0 Å². The zero-order chi connectivity index (χ0) is 23.5. The summed E-state index contributed by atoms with van der Waals surface area (Å²) in [6.45, 7) is 2.58. The number of nitrogens with one attached hydrogen (secondary N) is 1. The third kappa shape index (κ3) is 4.61. The highest BCUT2D eigenvalue weighted by molar-refractivity contribution is 6.04. The lowest BCUT2D eigenvalue weighted by Gasteiger charge is -2.07. The molecule has 5 aromatic rings. The number of nitrogens with zero attached hydrogens (tertiary/aromatic N) is 4. The first kappa shape index (κ1) is 21.3. The van der Waals surface area contributed by atoms with Crippen LogP contribution in [0.25, 0.3) is 23.0 Å². The van der Waals surface area contributed by atoms with Crippen LogP contribution >= 0.6 is 0 Å². The summed E-state index contributed by atoms with van der Waals surface area (Å²) in [6, 6.07) is 20.7. The van der Waals surface area contributed by atoms with Crippen molar-refractivity contribution in [3.63, 3.8) is 0 Å². The maximum absolute atomic E-state index is 13.0. The summed E-state index contributed by atoms with van der Waals surface area (Å²) in [5.41, 5.74) is 4.65. The van der Waals surface area contributed by atoms with E-state index in [1.54, 1.807) is 6.33 Å². The number of halogens is 1. The fourth-order valence-electron chi connectivity index (χ4n) is 3.53. The summed E-state index contributed by atoms with van der Waals surface area (Å²) in [7, 11) is 0. The van der Waals surface area contributed by atoms with Crippen molar-refractivity contribution in [1.29, 1.82) is 0 Å². The van der Waals surface area contributed by atoms with Gasteiger partial charge in [-0.15, -0.1) is 0 Å². The van der Waals surface area contributed by atoms with Crippen LogP contribution in [0.4, 0.5) is 10.1 Å². The van der Waals surface area contributed by atoms with Gasteiger partial charge < -0.3 is 14.4 Å². The van der Waals surface area contributed by atoms with Crippen molar-refractivity contribution in [1.82, 2.24) is 19.7 Å². The molecule has 7 nitrogen and oxygen atoms in total. The molecule has 3 aromatic carbocycles. The van der Waals surface area contributed by atoms with Gasteiger partial charge in [0, 0.05) is 29.6 Å². The number of carbonyl (C=O) groups is 1. The zero-order valence-electron chi connectivity index (χ0n) is 18.3. The fourth-order valence-corrected chi connectivity index (χ4v) is 3.53. The highest BCUT2D eigenvalue weighted by Crippen LogP contribution is 2.23. The van der Waals surface area contributed by atoms with E-state index in [9.17, 15) is 9.18 Å². The Morgan fingerprint density at radius 3 is 2.56 bits per heavy atom. The quantitative estimate of drug-likeness (QED) is 0.375. The standard InChI is InChI=1S/C26H20FN5O2/c1-17-4-2-3-5-22(17)24-30-26(34-31-24)23-15-32(16-28-23)14-18-6-12-21(13-7-18)29-25(33)19-8-10-20(27)11-9-19/h2-13,15-16H,14H2,1H3,(H,29,33). The van der Waals surface area contributed by atoms with E-state index in [-0.39, 0.29) is 11.7 Å². The van der Waals surface area contributed by atoms with Crippen molar-refractivity contribution < 1.29 is 13.7 Å². The SMILES string of the molecule is Cc1ccccc1-c1noc(-c2cn(Cc3ccc(NC(=O)c4ccc(F)cc4)cc3)cn2)n1. The maximum Gasteiger partial charge on any atom is 0.278 e. The predicted molar refractivity (Wildman–Crippen MR) is 126 cm³/mol. The molecule has 34 heavy (non-hydrogen) atoms. The van der Waals surface area contributed by atoms with Crippen LogP contribution in [0, 0.1) is 12.7 Å². The molecule has 0 aliphatic heterocycles. The Morgan fingerprint density at radius 2 is 1.79 bits per heavy atom. The highest BCUT2D eigenvalue weighted by Gasteiger charge is 2.14. The summed E-state index contributed by atoms with van der Waals surface area (Å²) >= 11 is 0. The molecule has 0 spiro atoms. The minimum atomic E-state index is -0.380. The van der Waals surface area contributed by atoms with Gasteiger partial charge in [-0.1, -0.05) is 41.6 Å². The molecule has 168 valence electrons. The van der Waals surface area contributed by atoms with Gasteiger partial charge in [-0.2, -0.15) is 4.98 Å². The zero-order valence-corrected chi connectivity index (χ0v) is 18.3. The van der Waals surface area contributed by atoms with Gasteiger partial charge in [0.2, 0.25) is 5.82 Å². The van der Waals surface area contributed by atoms with Crippen molar-refractivity contribution in [3.05, 3.63) is 108 Å². The largest absolute Gasteiger partial charge is 0.332 e. The van der Waals surface area contributed by atoms with Crippen LogP contribution in [0.3, 0.4) is 0 Å². The van der Waals surface area contributed by atoms with E-state index in [2.05, 4.69) is 20.4 Å². The van der Waals surface area contributed by atoms with E-state index in [1.165, 1.54) is 24.3 Å². The molecule has 1 amide bonds. The molecule has 0 aliphatic carbocycles. The molecule has 5 rings (SSSR count). The van der Waals surface area contributed by atoms with Crippen LogP contribution in [-0.4, -0.2) is 25.6 Å². The number of aromatic nitrogens is 4. The lowest BCUT2D eigenvalue weighted by atomic mass is 10.1. The predicted octanol–water partition coefficient (Wildman–Crippen LogP) is 5.35. The van der Waals surface area contributed by atoms with Crippen LogP contribution < -0.4 is 5.32 Å². The summed E-state index contributed by atoms with van der Waals surface area (Å²) in [5.74, 6) is 0.211. The number of amides is 1. The van der Waals surface area contributed by atoms with E-state index < -0.39 is 0 Å². The van der Waals surface area contributed by atoms with Gasteiger partial charge in [-0.25, -0.2) is 9.37 Å². The number of rotatable bonds is 6. The first-order chi connectivity index (χ1) is 16.5. The van der Waals surface area contributed by atoms with Gasteiger partial charge in [-0.3, -0.25) is 4.79 Å². The Labute approximate surface area is 194 Å². The number of hydrogen-bond acceptors (Lipinski definition) is 5. The Bertz CT molecular complexity index is 1440. The van der Waals surface area contributed by atoms with E-state index >= 15 is 0 Å². The summed E-state index contributed by atoms with van der Waals surface area (Å²) in [5, 5.41) is 6.89. The van der Waals surface area contributed by atoms with Crippen LogP contribution in [0.1, 0.15) is 21.5 Å². The molecule has 0 fully saturated rings. The molecule has 2 heterocycles. The average molecular weight is 453 g/mol. The third-order valence-electron chi connectivity index (χ3n) is 5.35. The molecule has 2 aromatic heterocycles. The minimum absolute atomic E-state index is 0.295. The summed E-state index contributed by atoms with van der Waals surface area (Å²) in [6.07, 6.45) is 3.55. The second-order valence-corrected chi connectivity index (χ2v) is 7.83. The van der Waals surface area contributed by atoms with Crippen molar-refractivity contribution >= 4 is 11.6 Å². The number of hydrogen-bond donors (Lipinski definition) is 1. The molecule has 8 heteroatoms. The monoisotopic (exact) mass is 453 g/mol. The second-order valence-electron chi connectivity index (χ2n) is 7.83. The molecule has 0 bridgehead atoms. The number of benzene rings is 3. The van der Waals surface area contributed by atoms with Gasteiger partial charge in [0.25, 0.3) is 11.8 Å². The fraction of sp³-hybridized carbons (Fsp3) is 0.0769. The molecule has 0 saturated carbocycles. The number of anilines is 1. The van der Waals surface area contributed by atoms with Crippen molar-refractivity contribution in [2.75, 3.05) is 5.32 Å². The van der Waals surface area contributed by atoms with Crippen molar-refractivity contribution in [2.24, 2.45) is 0 Å². The third-order valence-corrected chi connectivity index (χ3v) is 5.35. The second kappa shape index (κ2) is 9.11. The minimum Gasteiger partial charge on any atom is -0.332 e. The van der Waals surface area contributed by atoms with Gasteiger partial charge in [0.15, 0.2) is 0 Å². The molecule has 0 aliphatic rings. The van der Waals surface area contributed by atoms with Crippen molar-refractivity contribution in [2.45, 2.75) is 13.5 Å². The molecule has 1 N–H and O–H groups in total. The normalized spacial score (nSPS) is 10.9. The molecule has 0 atom stereocenters.